The SMILES string of the molecule is COC(=O)Cn1c(O)c(N=NC(=O)c2cc(Cl)ccc2O)c2ccccc21. The molecule has 138 valence electrons. The van der Waals surface area contributed by atoms with Crippen molar-refractivity contribution in [2.75, 3.05) is 7.11 Å². The number of aromatic nitrogens is 1. The molecule has 0 unspecified atom stereocenters. The number of hydrogen-bond acceptors (Lipinski definition) is 6. The van der Waals surface area contributed by atoms with E-state index in [4.69, 9.17) is 11.6 Å². The lowest BCUT2D eigenvalue weighted by Crippen LogP contribution is -2.10. The van der Waals surface area contributed by atoms with E-state index < -0.39 is 11.9 Å². The second-order valence-corrected chi connectivity index (χ2v) is 5.95. The van der Waals surface area contributed by atoms with Crippen LogP contribution >= 0.6 is 11.6 Å². The molecule has 9 heteroatoms. The first-order valence-corrected chi connectivity index (χ1v) is 8.11. The molecule has 2 aromatic carbocycles. The second kappa shape index (κ2) is 7.46. The van der Waals surface area contributed by atoms with Crippen molar-refractivity contribution < 1.29 is 24.5 Å². The number of carbonyl (C=O) groups excluding carboxylic acids is 2. The number of phenols is 1. The zero-order valence-electron chi connectivity index (χ0n) is 14.1. The Morgan fingerprint density at radius 3 is 2.67 bits per heavy atom. The number of benzene rings is 2. The summed E-state index contributed by atoms with van der Waals surface area (Å²) in [6.45, 7) is -0.235. The highest BCUT2D eigenvalue weighted by Gasteiger charge is 2.19. The summed E-state index contributed by atoms with van der Waals surface area (Å²) in [5, 5.41) is 28.4. The second-order valence-electron chi connectivity index (χ2n) is 5.52. The van der Waals surface area contributed by atoms with Crippen LogP contribution in [0.5, 0.6) is 11.6 Å². The van der Waals surface area contributed by atoms with Crippen molar-refractivity contribution >= 4 is 40.1 Å². The zero-order valence-corrected chi connectivity index (χ0v) is 14.8. The van der Waals surface area contributed by atoms with Crippen LogP contribution in [-0.4, -0.2) is 33.8 Å². The molecule has 1 amide bonds. The van der Waals surface area contributed by atoms with Gasteiger partial charge in [-0.3, -0.25) is 14.2 Å². The summed E-state index contributed by atoms with van der Waals surface area (Å²) in [6.07, 6.45) is 0. The standard InChI is InChI=1S/C18H14ClN3O5/c1-27-15(24)9-22-13-5-3-2-4-11(13)16(18(22)26)20-21-17(25)12-8-10(19)6-7-14(12)23/h2-8,23,26H,9H2,1H3. The molecule has 3 aromatic rings. The number of azo groups is 1. The molecule has 8 nitrogen and oxygen atoms in total. The number of rotatable bonds is 4. The van der Waals surface area contributed by atoms with Crippen molar-refractivity contribution in [2.45, 2.75) is 6.54 Å². The van der Waals surface area contributed by atoms with Crippen LogP contribution < -0.4 is 0 Å². The number of halogens is 1. The van der Waals surface area contributed by atoms with E-state index >= 15 is 0 Å². The summed E-state index contributed by atoms with van der Waals surface area (Å²) < 4.78 is 5.93. The first kappa shape index (κ1) is 18.4. The lowest BCUT2D eigenvalue weighted by atomic mass is 10.2. The van der Waals surface area contributed by atoms with Gasteiger partial charge < -0.3 is 14.9 Å². The Labute approximate surface area is 158 Å². The Morgan fingerprint density at radius 1 is 1.19 bits per heavy atom. The molecule has 0 bridgehead atoms. The first-order chi connectivity index (χ1) is 12.9. The lowest BCUT2D eigenvalue weighted by molar-refractivity contribution is -0.141. The number of fused-ring (bicyclic) bond motifs is 1. The fourth-order valence-corrected chi connectivity index (χ4v) is 2.72. The average Bonchev–Trinajstić information content (AvgIpc) is 2.93. The molecule has 0 aliphatic rings. The van der Waals surface area contributed by atoms with E-state index in [2.05, 4.69) is 15.0 Å². The third-order valence-corrected chi connectivity index (χ3v) is 4.10. The minimum atomic E-state index is -0.834. The van der Waals surface area contributed by atoms with Gasteiger partial charge in [0, 0.05) is 10.4 Å². The maximum atomic E-state index is 12.2. The normalized spacial score (nSPS) is 11.2. The van der Waals surface area contributed by atoms with E-state index in [1.54, 1.807) is 24.3 Å². The van der Waals surface area contributed by atoms with Crippen LogP contribution in [0.1, 0.15) is 10.4 Å². The number of hydrogen-bond donors (Lipinski definition) is 2. The summed E-state index contributed by atoms with van der Waals surface area (Å²) in [5.74, 6) is -2.03. The maximum absolute atomic E-state index is 12.2. The van der Waals surface area contributed by atoms with Gasteiger partial charge >= 0.3 is 5.97 Å². The van der Waals surface area contributed by atoms with E-state index in [9.17, 15) is 19.8 Å². The van der Waals surface area contributed by atoms with Crippen molar-refractivity contribution in [3.8, 4) is 11.6 Å². The van der Waals surface area contributed by atoms with Gasteiger partial charge in [0.15, 0.2) is 5.69 Å². The van der Waals surface area contributed by atoms with Gasteiger partial charge in [-0.25, -0.2) is 0 Å². The smallest absolute Gasteiger partial charge is 0.325 e. The molecule has 0 fully saturated rings. The highest BCUT2D eigenvalue weighted by Crippen LogP contribution is 2.39. The number of phenolic OH excluding ortho intramolecular Hbond substituents is 1. The van der Waals surface area contributed by atoms with Crippen molar-refractivity contribution in [3.05, 3.63) is 53.1 Å². The molecule has 0 aliphatic heterocycles. The van der Waals surface area contributed by atoms with Gasteiger partial charge in [0.2, 0.25) is 5.88 Å². The van der Waals surface area contributed by atoms with Gasteiger partial charge in [0.1, 0.15) is 12.3 Å². The zero-order chi connectivity index (χ0) is 19.6. The van der Waals surface area contributed by atoms with E-state index in [0.717, 1.165) is 0 Å². The summed E-state index contributed by atoms with van der Waals surface area (Å²) in [4.78, 5) is 23.8. The van der Waals surface area contributed by atoms with Gasteiger partial charge in [-0.05, 0) is 24.3 Å². The molecular weight excluding hydrogens is 374 g/mol. The van der Waals surface area contributed by atoms with Crippen LogP contribution in [0.2, 0.25) is 5.02 Å². The summed E-state index contributed by atoms with van der Waals surface area (Å²) in [7, 11) is 1.24. The Bertz CT molecular complexity index is 1070. The number of methoxy groups -OCH3 is 1. The molecule has 0 saturated heterocycles. The van der Waals surface area contributed by atoms with Crippen LogP contribution in [0.3, 0.4) is 0 Å². The highest BCUT2D eigenvalue weighted by atomic mass is 35.5. The lowest BCUT2D eigenvalue weighted by Gasteiger charge is -2.04. The minimum absolute atomic E-state index is 0.0179. The molecule has 0 aliphatic carbocycles. The Kier molecular flexibility index (Phi) is 5.09. The number of para-hydroxylation sites is 1. The largest absolute Gasteiger partial charge is 0.507 e. The van der Waals surface area contributed by atoms with E-state index in [1.807, 2.05) is 0 Å². The first-order valence-electron chi connectivity index (χ1n) is 7.74. The molecule has 1 aromatic heterocycles. The number of esters is 1. The fraction of sp³-hybridized carbons (Fsp3) is 0.111. The van der Waals surface area contributed by atoms with Crippen molar-refractivity contribution in [3.63, 3.8) is 0 Å². The van der Waals surface area contributed by atoms with E-state index in [-0.39, 0.29) is 34.4 Å². The number of nitrogens with zero attached hydrogens (tertiary/aromatic N) is 3. The molecule has 27 heavy (non-hydrogen) atoms. The predicted octanol–water partition coefficient (Wildman–Crippen LogP) is 3.80. The number of ether oxygens (including phenoxy) is 1. The van der Waals surface area contributed by atoms with E-state index in [1.165, 1.54) is 29.9 Å². The van der Waals surface area contributed by atoms with Crippen molar-refractivity contribution in [1.82, 2.24) is 4.57 Å². The average molecular weight is 388 g/mol. The van der Waals surface area contributed by atoms with Crippen molar-refractivity contribution in [1.29, 1.82) is 0 Å². The molecule has 2 N–H and O–H groups in total. The fourth-order valence-electron chi connectivity index (χ4n) is 2.55. The quantitative estimate of drug-likeness (QED) is 0.522. The third kappa shape index (κ3) is 3.61. The monoisotopic (exact) mass is 387 g/mol. The predicted molar refractivity (Wildman–Crippen MR) is 97.6 cm³/mol. The number of carbonyl (C=O) groups is 2. The third-order valence-electron chi connectivity index (χ3n) is 3.86. The van der Waals surface area contributed by atoms with Gasteiger partial charge in [0.25, 0.3) is 5.91 Å². The Hall–Kier alpha value is -3.39. The molecule has 1 heterocycles. The maximum Gasteiger partial charge on any atom is 0.325 e. The number of amides is 1. The van der Waals surface area contributed by atoms with Crippen LogP contribution in [0, 0.1) is 0 Å². The van der Waals surface area contributed by atoms with Gasteiger partial charge in [-0.1, -0.05) is 29.8 Å². The van der Waals surface area contributed by atoms with Gasteiger partial charge in [-0.15, -0.1) is 10.2 Å². The van der Waals surface area contributed by atoms with Crippen LogP contribution in [-0.2, 0) is 16.1 Å². The topological polar surface area (TPSA) is 113 Å². The highest BCUT2D eigenvalue weighted by molar-refractivity contribution is 6.31. The minimum Gasteiger partial charge on any atom is -0.507 e. The van der Waals surface area contributed by atoms with Crippen LogP contribution in [0.4, 0.5) is 5.69 Å². The molecular formula is C18H14ClN3O5. The van der Waals surface area contributed by atoms with Crippen molar-refractivity contribution in [2.24, 2.45) is 10.2 Å². The molecule has 0 spiro atoms. The Morgan fingerprint density at radius 2 is 1.93 bits per heavy atom. The summed E-state index contributed by atoms with van der Waals surface area (Å²) in [6, 6.07) is 10.8. The van der Waals surface area contributed by atoms with Crippen LogP contribution in [0.15, 0.2) is 52.7 Å². The van der Waals surface area contributed by atoms with Gasteiger partial charge in [-0.2, -0.15) is 0 Å². The summed E-state index contributed by atoms with van der Waals surface area (Å²) in [5.41, 5.74) is 0.417. The van der Waals surface area contributed by atoms with E-state index in [0.29, 0.717) is 10.9 Å². The van der Waals surface area contributed by atoms with Gasteiger partial charge in [0.05, 0.1) is 18.2 Å². The summed E-state index contributed by atoms with van der Waals surface area (Å²) >= 11 is 5.82. The number of aromatic hydroxyl groups is 2. The Balaban J connectivity index is 2.03. The molecule has 0 saturated carbocycles. The molecule has 0 radical (unpaired) electrons. The molecule has 3 rings (SSSR count). The van der Waals surface area contributed by atoms with Crippen LogP contribution in [0.25, 0.3) is 10.9 Å². The molecule has 0 atom stereocenters.